The lowest BCUT2D eigenvalue weighted by atomic mass is 9.85. The molecule has 21 heteroatoms. The van der Waals surface area contributed by atoms with Crippen molar-refractivity contribution in [2.45, 2.75) is 78.1 Å². The Hall–Kier alpha value is -7.59. The number of piperazine rings is 1. The van der Waals surface area contributed by atoms with Crippen molar-refractivity contribution in [2.24, 2.45) is 11.3 Å². The number of β-amino-alcohol motifs (C(OH)–C–C–N with tert-alkyl or cyclic N) is 1. The molecule has 412 valence electrons. The monoisotopic (exact) mass is 1090 g/mol. The number of aromatic nitrogens is 6. The Morgan fingerprint density at radius 1 is 0.835 bits per heavy atom. The Bertz CT molecular complexity index is 3400. The SMILES string of the molecule is CNC(=O)c1ccc(-c2cnc3ncc(Cc4ccc5ncc(C(=O)N6CCC(CN7CCN(CC(=O)N[C@H](C(=O)N8C[C@H](O)C[C@H]8C(=O)NCc8ccc(-c9scnc9C)cc8)C(C)(C)C)CC7)CC6)cc5c4)n3n2)cc1F. The first-order valence-electron chi connectivity index (χ1n) is 26.9. The number of carbonyl (C=O) groups excluding carboxylic acids is 5. The third-order valence-electron chi connectivity index (χ3n) is 15.4. The van der Waals surface area contributed by atoms with E-state index in [2.05, 4.69) is 45.7 Å². The molecule has 5 amide bonds. The fraction of sp³-hybridized carbons (Fsp3) is 0.414. The number of imidazole rings is 1. The van der Waals surface area contributed by atoms with Crippen LogP contribution in [0.3, 0.4) is 0 Å². The van der Waals surface area contributed by atoms with Gasteiger partial charge in [0.25, 0.3) is 17.6 Å². The van der Waals surface area contributed by atoms with E-state index in [1.54, 1.807) is 34.3 Å². The minimum absolute atomic E-state index is 0.00480. The Balaban J connectivity index is 0.676. The van der Waals surface area contributed by atoms with Crippen LogP contribution in [-0.2, 0) is 27.3 Å². The predicted molar refractivity (Wildman–Crippen MR) is 297 cm³/mol. The fourth-order valence-electron chi connectivity index (χ4n) is 10.9. The molecule has 7 heterocycles. The second-order valence-corrected chi connectivity index (χ2v) is 22.9. The number of nitrogens with one attached hydrogen (secondary N) is 3. The van der Waals surface area contributed by atoms with E-state index in [1.807, 2.05) is 86.6 Å². The number of rotatable bonds is 15. The van der Waals surface area contributed by atoms with E-state index in [0.29, 0.717) is 61.1 Å². The maximum absolute atomic E-state index is 14.8. The number of carbonyl (C=O) groups is 5. The number of aliphatic hydroxyl groups is 1. The summed E-state index contributed by atoms with van der Waals surface area (Å²) in [7, 11) is 1.45. The molecule has 10 rings (SSSR count). The molecule has 4 aromatic heterocycles. The minimum atomic E-state index is -0.911. The second kappa shape index (κ2) is 23.4. The van der Waals surface area contributed by atoms with Gasteiger partial charge in [-0.1, -0.05) is 57.2 Å². The third kappa shape index (κ3) is 12.5. The number of thiazole rings is 1. The van der Waals surface area contributed by atoms with Gasteiger partial charge >= 0.3 is 0 Å². The molecule has 0 aliphatic carbocycles. The topological polar surface area (TPSA) is 223 Å². The number of pyridine rings is 1. The van der Waals surface area contributed by atoms with E-state index < -0.39 is 41.2 Å². The molecule has 3 saturated heterocycles. The molecule has 3 atom stereocenters. The zero-order valence-electron chi connectivity index (χ0n) is 45.1. The number of piperidine rings is 1. The van der Waals surface area contributed by atoms with Crippen LogP contribution >= 0.6 is 11.3 Å². The molecule has 0 spiro atoms. The quantitative estimate of drug-likeness (QED) is 0.105. The van der Waals surface area contributed by atoms with Gasteiger partial charge in [-0.15, -0.1) is 11.3 Å². The van der Waals surface area contributed by atoms with Crippen LogP contribution in [0.1, 0.15) is 83.3 Å². The molecule has 3 aliphatic rings. The summed E-state index contributed by atoms with van der Waals surface area (Å²) in [5.41, 5.74) is 7.90. The molecule has 0 radical (unpaired) electrons. The highest BCUT2D eigenvalue weighted by Gasteiger charge is 2.44. The van der Waals surface area contributed by atoms with Gasteiger partial charge in [-0.3, -0.25) is 33.9 Å². The molecule has 79 heavy (non-hydrogen) atoms. The highest BCUT2D eigenvalue weighted by molar-refractivity contribution is 7.13. The molecule has 0 bridgehead atoms. The van der Waals surface area contributed by atoms with Gasteiger partial charge in [0.2, 0.25) is 17.7 Å². The predicted octanol–water partition coefficient (Wildman–Crippen LogP) is 5.14. The first-order chi connectivity index (χ1) is 38.0. The summed E-state index contributed by atoms with van der Waals surface area (Å²) in [6.45, 7) is 13.2. The number of hydrogen-bond acceptors (Lipinski definition) is 14. The number of amides is 5. The van der Waals surface area contributed by atoms with Crippen molar-refractivity contribution in [1.82, 2.24) is 65.1 Å². The number of nitrogens with zero attached hydrogens (tertiary/aromatic N) is 10. The van der Waals surface area contributed by atoms with E-state index in [-0.39, 0.29) is 49.3 Å². The van der Waals surface area contributed by atoms with Gasteiger partial charge in [-0.2, -0.15) is 5.10 Å². The van der Waals surface area contributed by atoms with Crippen molar-refractivity contribution < 1.29 is 33.5 Å². The number of aryl methyl sites for hydroxylation is 1. The van der Waals surface area contributed by atoms with Gasteiger partial charge in [0, 0.05) is 95.9 Å². The summed E-state index contributed by atoms with van der Waals surface area (Å²) >= 11 is 1.58. The smallest absolute Gasteiger partial charge is 0.255 e. The van der Waals surface area contributed by atoms with E-state index in [4.69, 9.17) is 5.10 Å². The number of aliphatic hydroxyl groups excluding tert-OH is 1. The van der Waals surface area contributed by atoms with E-state index in [1.165, 1.54) is 30.3 Å². The zero-order valence-corrected chi connectivity index (χ0v) is 45.9. The number of hydrogen-bond donors (Lipinski definition) is 4. The Labute approximate surface area is 461 Å². The van der Waals surface area contributed by atoms with Gasteiger partial charge in [-0.05, 0) is 78.1 Å². The highest BCUT2D eigenvalue weighted by atomic mass is 32.1. The van der Waals surface area contributed by atoms with Crippen molar-refractivity contribution in [3.05, 3.63) is 130 Å². The maximum atomic E-state index is 14.8. The summed E-state index contributed by atoms with van der Waals surface area (Å²) in [6, 6.07) is 18.3. The molecule has 3 aromatic carbocycles. The lowest BCUT2D eigenvalue weighted by Gasteiger charge is -2.39. The van der Waals surface area contributed by atoms with Crippen LogP contribution in [0.15, 0.2) is 90.8 Å². The molecule has 0 saturated carbocycles. The van der Waals surface area contributed by atoms with Gasteiger partial charge in [0.1, 0.15) is 23.6 Å². The molecule has 4 N–H and O–H groups in total. The summed E-state index contributed by atoms with van der Waals surface area (Å²) in [4.78, 5) is 94.2. The molecule has 19 nitrogen and oxygen atoms in total. The average Bonchev–Trinajstić information content (AvgIpc) is 4.32. The highest BCUT2D eigenvalue weighted by Crippen LogP contribution is 2.30. The summed E-state index contributed by atoms with van der Waals surface area (Å²) in [5.74, 6) is -1.43. The van der Waals surface area contributed by atoms with Crippen LogP contribution in [0.4, 0.5) is 4.39 Å². The fourth-order valence-corrected chi connectivity index (χ4v) is 11.7. The Morgan fingerprint density at radius 2 is 1.56 bits per heavy atom. The molecule has 7 aromatic rings. The average molecular weight is 1090 g/mol. The molecule has 0 unspecified atom stereocenters. The van der Waals surface area contributed by atoms with Crippen LogP contribution in [0.2, 0.25) is 0 Å². The normalized spacial score (nSPS) is 18.0. The van der Waals surface area contributed by atoms with Gasteiger partial charge in [-0.25, -0.2) is 23.9 Å². The second-order valence-electron chi connectivity index (χ2n) is 22.1. The first kappa shape index (κ1) is 54.8. The molecule has 3 fully saturated rings. The van der Waals surface area contributed by atoms with Gasteiger partial charge in [0.15, 0.2) is 0 Å². The minimum Gasteiger partial charge on any atom is -0.391 e. The van der Waals surface area contributed by atoms with E-state index >= 15 is 0 Å². The first-order valence-corrected chi connectivity index (χ1v) is 27.7. The third-order valence-corrected chi connectivity index (χ3v) is 16.4. The molecular weight excluding hydrogens is 1030 g/mol. The number of fused-ring (bicyclic) bond motifs is 2. The number of likely N-dealkylation sites (tertiary alicyclic amines) is 2. The largest absolute Gasteiger partial charge is 0.391 e. The van der Waals surface area contributed by atoms with Gasteiger partial charge in [0.05, 0.1) is 63.5 Å². The lowest BCUT2D eigenvalue weighted by molar-refractivity contribution is -0.144. The Morgan fingerprint density at radius 3 is 2.27 bits per heavy atom. The van der Waals surface area contributed by atoms with E-state index in [0.717, 1.165) is 76.3 Å². The van der Waals surface area contributed by atoms with Crippen molar-refractivity contribution in [3.63, 3.8) is 0 Å². The zero-order chi connectivity index (χ0) is 55.5. The number of halogens is 1. The van der Waals surface area contributed by atoms with Crippen LogP contribution in [-0.4, -0.2) is 168 Å². The van der Waals surface area contributed by atoms with Crippen molar-refractivity contribution in [3.8, 4) is 21.7 Å². The van der Waals surface area contributed by atoms with Crippen molar-refractivity contribution >= 4 is 57.6 Å². The molecular formula is C58H66FN13O6S. The summed E-state index contributed by atoms with van der Waals surface area (Å²) in [6.07, 6.45) is 6.33. The summed E-state index contributed by atoms with van der Waals surface area (Å²) < 4.78 is 16.4. The molecule has 3 aliphatic heterocycles. The van der Waals surface area contributed by atoms with Crippen LogP contribution < -0.4 is 16.0 Å². The summed E-state index contributed by atoms with van der Waals surface area (Å²) in [5, 5.41) is 24.7. The Kier molecular flexibility index (Phi) is 16.2. The van der Waals surface area contributed by atoms with Crippen molar-refractivity contribution in [1.29, 1.82) is 0 Å². The van der Waals surface area contributed by atoms with Gasteiger partial charge < -0.3 is 35.8 Å². The lowest BCUT2D eigenvalue weighted by Crippen LogP contribution is -2.59. The van der Waals surface area contributed by atoms with Crippen molar-refractivity contribution in [2.75, 3.05) is 66.0 Å². The standard InChI is InChI=1S/C58H66FN13O6S/c1-35-51(79-34-65-35)39-9-6-36(7-10-39)27-62-54(76)49-26-44(73)32-71(49)56(78)52(58(2,3)4)66-50(74)33-69-20-18-68(19-21-69)31-37-14-16-70(17-15-37)55(77)42-24-41-22-38(8-13-47(41)61-28-42)23-43-29-63-57-64-30-48(67-72(43)57)40-11-12-45(46(59)25-40)53(75)60-5/h6-13,22,24-25,28-30,34,37,44,49,52,73H,14-21,23,26-27,31-33H2,1-5H3,(H,60,75)(H,62,76)(H,66,74)/t44-,49+,52-/m1/s1. The van der Waals surface area contributed by atoms with Crippen LogP contribution in [0.5, 0.6) is 0 Å². The van der Waals surface area contributed by atoms with E-state index in [9.17, 15) is 33.5 Å². The number of benzene rings is 3. The van der Waals surface area contributed by atoms with Crippen LogP contribution in [0, 0.1) is 24.1 Å². The maximum Gasteiger partial charge on any atom is 0.255 e. The van der Waals surface area contributed by atoms with Crippen LogP contribution in [0.25, 0.3) is 38.4 Å².